The van der Waals surface area contributed by atoms with Crippen LogP contribution in [0.4, 0.5) is 5.69 Å². The summed E-state index contributed by atoms with van der Waals surface area (Å²) in [4.78, 5) is 14.2. The van der Waals surface area contributed by atoms with E-state index in [1.807, 2.05) is 35.2 Å². The van der Waals surface area contributed by atoms with Gasteiger partial charge in [-0.3, -0.25) is 4.79 Å². The second-order valence-electron chi connectivity index (χ2n) is 5.14. The smallest absolute Gasteiger partial charge is 0.246 e. The summed E-state index contributed by atoms with van der Waals surface area (Å²) >= 11 is 0. The third kappa shape index (κ3) is 3.55. The predicted octanol–water partition coefficient (Wildman–Crippen LogP) is 1.79. The summed E-state index contributed by atoms with van der Waals surface area (Å²) in [5.41, 5.74) is 6.81. The molecule has 0 spiro atoms. The van der Waals surface area contributed by atoms with Crippen LogP contribution in [0.3, 0.4) is 0 Å². The van der Waals surface area contributed by atoms with Gasteiger partial charge in [0.05, 0.1) is 6.61 Å². The molecule has 0 saturated heterocycles. The van der Waals surface area contributed by atoms with Crippen LogP contribution in [-0.2, 0) is 9.53 Å². The van der Waals surface area contributed by atoms with Crippen molar-refractivity contribution in [2.24, 2.45) is 11.7 Å². The number of hydrogen-bond donors (Lipinski definition) is 1. The molecule has 0 radical (unpaired) electrons. The topological polar surface area (TPSA) is 55.6 Å². The monoisotopic (exact) mass is 262 g/mol. The highest BCUT2D eigenvalue weighted by atomic mass is 16.5. The normalized spacial score (nSPS) is 16.7. The van der Waals surface area contributed by atoms with Crippen LogP contribution in [0.2, 0.25) is 0 Å². The number of carbonyl (C=O) groups excluding carboxylic acids is 1. The number of hydrogen-bond acceptors (Lipinski definition) is 3. The van der Waals surface area contributed by atoms with Crippen molar-refractivity contribution in [3.63, 3.8) is 0 Å². The van der Waals surface area contributed by atoms with E-state index in [0.29, 0.717) is 5.92 Å². The molecule has 0 aliphatic heterocycles. The predicted molar refractivity (Wildman–Crippen MR) is 76.0 cm³/mol. The average Bonchev–Trinajstić information content (AvgIpc) is 2.38. The van der Waals surface area contributed by atoms with Crippen LogP contribution in [0.25, 0.3) is 0 Å². The first kappa shape index (κ1) is 14.0. The molecule has 4 heteroatoms. The van der Waals surface area contributed by atoms with Gasteiger partial charge in [-0.2, -0.15) is 0 Å². The van der Waals surface area contributed by atoms with Crippen LogP contribution in [0.1, 0.15) is 19.3 Å². The number of carbonyl (C=O) groups is 1. The van der Waals surface area contributed by atoms with Crippen molar-refractivity contribution in [3.05, 3.63) is 30.3 Å². The highest BCUT2D eigenvalue weighted by molar-refractivity contribution is 5.97. The summed E-state index contributed by atoms with van der Waals surface area (Å²) < 4.78 is 4.98. The van der Waals surface area contributed by atoms with Gasteiger partial charge < -0.3 is 15.4 Å². The number of nitrogens with two attached hydrogens (primary N) is 1. The second-order valence-corrected chi connectivity index (χ2v) is 5.14. The molecule has 2 N–H and O–H groups in total. The number of amides is 1. The summed E-state index contributed by atoms with van der Waals surface area (Å²) in [6.07, 6.45) is 3.68. The van der Waals surface area contributed by atoms with E-state index in [-0.39, 0.29) is 12.5 Å². The molecule has 1 aliphatic rings. The van der Waals surface area contributed by atoms with Crippen molar-refractivity contribution in [3.8, 4) is 0 Å². The third-order valence-electron chi connectivity index (χ3n) is 3.66. The quantitative estimate of drug-likeness (QED) is 0.850. The lowest BCUT2D eigenvalue weighted by Gasteiger charge is -2.33. The van der Waals surface area contributed by atoms with Gasteiger partial charge in [0.25, 0.3) is 0 Å². The first-order chi connectivity index (χ1) is 9.22. The van der Waals surface area contributed by atoms with Crippen molar-refractivity contribution in [2.75, 3.05) is 25.2 Å². The van der Waals surface area contributed by atoms with E-state index in [9.17, 15) is 4.79 Å². The molecule has 1 fully saturated rings. The zero-order chi connectivity index (χ0) is 13.7. The zero-order valence-electron chi connectivity index (χ0n) is 11.4. The van der Waals surface area contributed by atoms with E-state index in [1.165, 1.54) is 19.3 Å². The molecule has 0 bridgehead atoms. The fraction of sp³-hybridized carbons (Fsp3) is 0.533. The standard InChI is InChI=1S/C15H22N2O2/c1-19-11-14(16)15(18)17(10-12-6-5-7-12)13-8-3-2-4-9-13/h2-4,8-9,12,14H,5-7,10-11,16H2,1H3. The summed E-state index contributed by atoms with van der Waals surface area (Å²) in [6.45, 7) is 1.02. The van der Waals surface area contributed by atoms with Gasteiger partial charge in [0.2, 0.25) is 5.91 Å². The zero-order valence-corrected chi connectivity index (χ0v) is 11.4. The lowest BCUT2D eigenvalue weighted by atomic mass is 9.85. The second kappa shape index (κ2) is 6.68. The summed E-state index contributed by atoms with van der Waals surface area (Å²) in [7, 11) is 1.56. The fourth-order valence-corrected chi connectivity index (χ4v) is 2.32. The first-order valence-electron chi connectivity index (χ1n) is 6.83. The van der Waals surface area contributed by atoms with Gasteiger partial charge in [0, 0.05) is 19.3 Å². The first-order valence-corrected chi connectivity index (χ1v) is 6.83. The number of nitrogens with zero attached hydrogens (tertiary/aromatic N) is 1. The molecule has 19 heavy (non-hydrogen) atoms. The number of benzene rings is 1. The highest BCUT2D eigenvalue weighted by Gasteiger charge is 2.27. The number of anilines is 1. The molecule has 0 aromatic heterocycles. The Morgan fingerprint density at radius 2 is 2.11 bits per heavy atom. The third-order valence-corrected chi connectivity index (χ3v) is 3.66. The Hall–Kier alpha value is -1.39. The van der Waals surface area contributed by atoms with Gasteiger partial charge in [-0.25, -0.2) is 0 Å². The molecule has 4 nitrogen and oxygen atoms in total. The number of rotatable bonds is 6. The largest absolute Gasteiger partial charge is 0.383 e. The van der Waals surface area contributed by atoms with E-state index in [1.54, 1.807) is 7.11 Å². The molecule has 1 unspecified atom stereocenters. The summed E-state index contributed by atoms with van der Waals surface area (Å²) in [5, 5.41) is 0. The Bertz CT molecular complexity index is 404. The van der Waals surface area contributed by atoms with E-state index >= 15 is 0 Å². The Labute approximate surface area is 114 Å². The molecule has 1 aromatic rings. The van der Waals surface area contributed by atoms with Crippen molar-refractivity contribution in [2.45, 2.75) is 25.3 Å². The van der Waals surface area contributed by atoms with Crippen LogP contribution in [0, 0.1) is 5.92 Å². The molecule has 1 atom stereocenters. The van der Waals surface area contributed by atoms with Crippen molar-refractivity contribution < 1.29 is 9.53 Å². The molecular weight excluding hydrogens is 240 g/mol. The van der Waals surface area contributed by atoms with E-state index < -0.39 is 6.04 Å². The Kier molecular flexibility index (Phi) is 4.93. The van der Waals surface area contributed by atoms with E-state index in [0.717, 1.165) is 12.2 Å². The molecule has 104 valence electrons. The molecule has 1 saturated carbocycles. The maximum atomic E-state index is 12.4. The van der Waals surface area contributed by atoms with Crippen molar-refractivity contribution in [1.29, 1.82) is 0 Å². The maximum absolute atomic E-state index is 12.4. The van der Waals surface area contributed by atoms with Gasteiger partial charge in [-0.15, -0.1) is 0 Å². The van der Waals surface area contributed by atoms with Gasteiger partial charge in [-0.05, 0) is 30.9 Å². The van der Waals surface area contributed by atoms with E-state index in [4.69, 9.17) is 10.5 Å². The summed E-state index contributed by atoms with van der Waals surface area (Å²) in [5.74, 6) is 0.554. The van der Waals surface area contributed by atoms with E-state index in [2.05, 4.69) is 0 Å². The van der Waals surface area contributed by atoms with Gasteiger partial charge >= 0.3 is 0 Å². The molecule has 0 heterocycles. The minimum atomic E-state index is -0.592. The van der Waals surface area contributed by atoms with Crippen LogP contribution in [-0.4, -0.2) is 32.2 Å². The van der Waals surface area contributed by atoms with Gasteiger partial charge in [-0.1, -0.05) is 24.6 Å². The lowest BCUT2D eigenvalue weighted by Crippen LogP contribution is -2.48. The maximum Gasteiger partial charge on any atom is 0.246 e. The van der Waals surface area contributed by atoms with Crippen LogP contribution >= 0.6 is 0 Å². The Morgan fingerprint density at radius 3 is 2.63 bits per heavy atom. The Balaban J connectivity index is 2.11. The number of ether oxygens (including phenoxy) is 1. The van der Waals surface area contributed by atoms with Crippen LogP contribution in [0.15, 0.2) is 30.3 Å². The van der Waals surface area contributed by atoms with Crippen molar-refractivity contribution in [1.82, 2.24) is 0 Å². The average molecular weight is 262 g/mol. The van der Waals surface area contributed by atoms with Crippen molar-refractivity contribution >= 4 is 11.6 Å². The molecule has 1 amide bonds. The molecular formula is C15H22N2O2. The summed E-state index contributed by atoms with van der Waals surface area (Å²) in [6, 6.07) is 9.15. The van der Waals surface area contributed by atoms with Gasteiger partial charge in [0.1, 0.15) is 6.04 Å². The number of methoxy groups -OCH3 is 1. The SMILES string of the molecule is COCC(N)C(=O)N(CC1CCC1)c1ccccc1. The minimum absolute atomic E-state index is 0.0556. The van der Waals surface area contributed by atoms with Crippen LogP contribution in [0.5, 0.6) is 0 Å². The molecule has 1 aliphatic carbocycles. The highest BCUT2D eigenvalue weighted by Crippen LogP contribution is 2.29. The Morgan fingerprint density at radius 1 is 1.42 bits per heavy atom. The minimum Gasteiger partial charge on any atom is -0.383 e. The molecule has 1 aromatic carbocycles. The fourth-order valence-electron chi connectivity index (χ4n) is 2.32. The molecule has 2 rings (SSSR count). The van der Waals surface area contributed by atoms with Crippen LogP contribution < -0.4 is 10.6 Å². The van der Waals surface area contributed by atoms with Gasteiger partial charge in [0.15, 0.2) is 0 Å². The number of para-hydroxylation sites is 1. The lowest BCUT2D eigenvalue weighted by molar-refractivity contribution is -0.121.